The summed E-state index contributed by atoms with van der Waals surface area (Å²) in [4.78, 5) is 8.06. The van der Waals surface area contributed by atoms with Gasteiger partial charge in [0.15, 0.2) is 0 Å². The van der Waals surface area contributed by atoms with Crippen molar-refractivity contribution in [1.29, 1.82) is 0 Å². The summed E-state index contributed by atoms with van der Waals surface area (Å²) in [6.07, 6.45) is 0. The van der Waals surface area contributed by atoms with Crippen LogP contribution in [0.3, 0.4) is 0 Å². The highest BCUT2D eigenvalue weighted by Crippen LogP contribution is 2.27. The monoisotopic (exact) mass is 267 g/mol. The predicted molar refractivity (Wildman–Crippen MR) is 85.3 cm³/mol. The molecule has 2 aromatic carbocycles. The van der Waals surface area contributed by atoms with Gasteiger partial charge in [-0.1, -0.05) is 57.2 Å². The number of aromatic nitrogens is 2. The Morgan fingerprint density at radius 3 is 2.30 bits per heavy atom. The van der Waals surface area contributed by atoms with E-state index in [1.165, 1.54) is 5.56 Å². The van der Waals surface area contributed by atoms with Crippen LogP contribution in [0.25, 0.3) is 22.4 Å². The lowest BCUT2D eigenvalue weighted by molar-refractivity contribution is 0.591. The molecule has 0 bridgehead atoms. The van der Waals surface area contributed by atoms with E-state index in [4.69, 9.17) is 0 Å². The molecule has 0 fully saturated rings. The van der Waals surface area contributed by atoms with Crippen LogP contribution >= 0.6 is 0 Å². The SMILES string of the molecule is CC(C)(C)c1ccc2nc(-c3ccccc3)[nH]c2c1.N. The van der Waals surface area contributed by atoms with Gasteiger partial charge >= 0.3 is 0 Å². The van der Waals surface area contributed by atoms with Crippen LogP contribution in [0.5, 0.6) is 0 Å². The number of aromatic amines is 1. The highest BCUT2D eigenvalue weighted by Gasteiger charge is 2.15. The van der Waals surface area contributed by atoms with Gasteiger partial charge in [-0.05, 0) is 23.1 Å². The van der Waals surface area contributed by atoms with E-state index in [0.717, 1.165) is 22.4 Å². The largest absolute Gasteiger partial charge is 0.344 e. The van der Waals surface area contributed by atoms with Crippen molar-refractivity contribution in [3.8, 4) is 11.4 Å². The van der Waals surface area contributed by atoms with Crippen LogP contribution in [0.4, 0.5) is 0 Å². The second-order valence-electron chi connectivity index (χ2n) is 5.93. The topological polar surface area (TPSA) is 63.7 Å². The summed E-state index contributed by atoms with van der Waals surface area (Å²) in [6.45, 7) is 6.67. The first kappa shape index (κ1) is 14.3. The second kappa shape index (κ2) is 5.10. The van der Waals surface area contributed by atoms with Crippen LogP contribution in [0.2, 0.25) is 0 Å². The fraction of sp³-hybridized carbons (Fsp3) is 0.235. The van der Waals surface area contributed by atoms with Crippen LogP contribution in [0.1, 0.15) is 26.3 Å². The summed E-state index contributed by atoms with van der Waals surface area (Å²) in [5.41, 5.74) is 4.73. The van der Waals surface area contributed by atoms with Crippen molar-refractivity contribution in [2.75, 3.05) is 0 Å². The molecule has 4 N–H and O–H groups in total. The minimum atomic E-state index is 0. The predicted octanol–water partition coefficient (Wildman–Crippen LogP) is 4.69. The Morgan fingerprint density at radius 1 is 0.950 bits per heavy atom. The highest BCUT2D eigenvalue weighted by molar-refractivity contribution is 5.80. The molecule has 1 aromatic heterocycles. The molecule has 0 radical (unpaired) electrons. The van der Waals surface area contributed by atoms with Gasteiger partial charge in [0.2, 0.25) is 0 Å². The molecule has 104 valence electrons. The van der Waals surface area contributed by atoms with Gasteiger partial charge in [0.25, 0.3) is 0 Å². The average Bonchev–Trinajstić information content (AvgIpc) is 2.81. The number of hydrogen-bond acceptors (Lipinski definition) is 2. The van der Waals surface area contributed by atoms with E-state index in [2.05, 4.69) is 61.1 Å². The Hall–Kier alpha value is -2.13. The van der Waals surface area contributed by atoms with E-state index in [0.29, 0.717) is 0 Å². The molecule has 0 aliphatic rings. The molecule has 0 saturated carbocycles. The van der Waals surface area contributed by atoms with Gasteiger partial charge < -0.3 is 11.1 Å². The number of imidazole rings is 1. The average molecular weight is 267 g/mol. The zero-order chi connectivity index (χ0) is 13.5. The van der Waals surface area contributed by atoms with Gasteiger partial charge in [-0.2, -0.15) is 0 Å². The lowest BCUT2D eigenvalue weighted by atomic mass is 9.87. The summed E-state index contributed by atoms with van der Waals surface area (Å²) >= 11 is 0. The molecular formula is C17H21N3. The van der Waals surface area contributed by atoms with E-state index in [1.807, 2.05) is 18.2 Å². The lowest BCUT2D eigenvalue weighted by Gasteiger charge is -2.18. The molecule has 0 atom stereocenters. The summed E-state index contributed by atoms with van der Waals surface area (Å²) < 4.78 is 0. The molecule has 3 rings (SSSR count). The first-order chi connectivity index (χ1) is 9.04. The maximum atomic E-state index is 4.65. The Bertz CT molecular complexity index is 706. The van der Waals surface area contributed by atoms with Crippen LogP contribution in [-0.4, -0.2) is 9.97 Å². The Labute approximate surface area is 119 Å². The number of nitrogens with zero attached hydrogens (tertiary/aromatic N) is 1. The standard InChI is InChI=1S/C17H18N2.H3N/c1-17(2,3)13-9-10-14-15(11-13)19-16(18-14)12-7-5-4-6-8-12;/h4-11H,1-3H3,(H,18,19);1H3. The Balaban J connectivity index is 0.00000147. The van der Waals surface area contributed by atoms with Crippen LogP contribution in [0.15, 0.2) is 48.5 Å². The van der Waals surface area contributed by atoms with Crippen molar-refractivity contribution in [2.24, 2.45) is 0 Å². The van der Waals surface area contributed by atoms with E-state index in [-0.39, 0.29) is 11.6 Å². The maximum absolute atomic E-state index is 4.65. The molecule has 3 nitrogen and oxygen atoms in total. The molecule has 1 heterocycles. The van der Waals surface area contributed by atoms with Crippen molar-refractivity contribution < 1.29 is 0 Å². The van der Waals surface area contributed by atoms with Crippen LogP contribution in [0, 0.1) is 0 Å². The molecule has 0 aliphatic heterocycles. The molecule has 3 aromatic rings. The normalized spacial score (nSPS) is 11.3. The third-order valence-electron chi connectivity index (χ3n) is 3.40. The van der Waals surface area contributed by atoms with Gasteiger partial charge in [-0.15, -0.1) is 0 Å². The third-order valence-corrected chi connectivity index (χ3v) is 3.40. The second-order valence-corrected chi connectivity index (χ2v) is 5.93. The molecule has 0 saturated heterocycles. The lowest BCUT2D eigenvalue weighted by Crippen LogP contribution is -2.10. The minimum absolute atomic E-state index is 0. The number of H-pyrrole nitrogens is 1. The van der Waals surface area contributed by atoms with Gasteiger partial charge in [-0.25, -0.2) is 4.98 Å². The van der Waals surface area contributed by atoms with Crippen molar-refractivity contribution in [1.82, 2.24) is 16.1 Å². The highest BCUT2D eigenvalue weighted by atomic mass is 14.9. The number of hydrogen-bond donors (Lipinski definition) is 2. The fourth-order valence-corrected chi connectivity index (χ4v) is 2.21. The summed E-state index contributed by atoms with van der Waals surface area (Å²) in [7, 11) is 0. The molecule has 3 heteroatoms. The Kier molecular flexibility index (Phi) is 3.64. The maximum Gasteiger partial charge on any atom is 0.138 e. The fourth-order valence-electron chi connectivity index (χ4n) is 2.21. The molecule has 0 amide bonds. The van der Waals surface area contributed by atoms with Gasteiger partial charge in [0.1, 0.15) is 5.82 Å². The van der Waals surface area contributed by atoms with Crippen molar-refractivity contribution in [3.05, 3.63) is 54.1 Å². The van der Waals surface area contributed by atoms with Gasteiger partial charge in [0.05, 0.1) is 11.0 Å². The molecular weight excluding hydrogens is 246 g/mol. The van der Waals surface area contributed by atoms with Crippen molar-refractivity contribution >= 4 is 11.0 Å². The molecule has 0 unspecified atom stereocenters. The van der Waals surface area contributed by atoms with Crippen LogP contribution in [-0.2, 0) is 5.41 Å². The first-order valence-electron chi connectivity index (χ1n) is 6.60. The zero-order valence-electron chi connectivity index (χ0n) is 12.3. The number of rotatable bonds is 1. The molecule has 20 heavy (non-hydrogen) atoms. The minimum Gasteiger partial charge on any atom is -0.344 e. The van der Waals surface area contributed by atoms with Crippen molar-refractivity contribution in [3.63, 3.8) is 0 Å². The quantitative estimate of drug-likeness (QED) is 0.671. The summed E-state index contributed by atoms with van der Waals surface area (Å²) in [5.74, 6) is 0.932. The van der Waals surface area contributed by atoms with Crippen molar-refractivity contribution in [2.45, 2.75) is 26.2 Å². The van der Waals surface area contributed by atoms with E-state index >= 15 is 0 Å². The molecule has 0 aliphatic carbocycles. The zero-order valence-corrected chi connectivity index (χ0v) is 12.3. The number of fused-ring (bicyclic) bond motifs is 1. The third kappa shape index (κ3) is 2.58. The van der Waals surface area contributed by atoms with E-state index in [1.54, 1.807) is 0 Å². The summed E-state index contributed by atoms with van der Waals surface area (Å²) in [5, 5.41) is 0. The van der Waals surface area contributed by atoms with E-state index in [9.17, 15) is 0 Å². The van der Waals surface area contributed by atoms with E-state index < -0.39 is 0 Å². The Morgan fingerprint density at radius 2 is 1.65 bits per heavy atom. The van der Waals surface area contributed by atoms with Gasteiger partial charge in [-0.3, -0.25) is 0 Å². The van der Waals surface area contributed by atoms with Gasteiger partial charge in [0, 0.05) is 5.56 Å². The smallest absolute Gasteiger partial charge is 0.138 e. The number of benzene rings is 2. The first-order valence-corrected chi connectivity index (χ1v) is 6.60. The summed E-state index contributed by atoms with van der Waals surface area (Å²) in [6, 6.07) is 16.7. The number of nitrogens with one attached hydrogen (secondary N) is 1. The van der Waals surface area contributed by atoms with Crippen LogP contribution < -0.4 is 6.15 Å². The molecule has 0 spiro atoms.